The van der Waals surface area contributed by atoms with Gasteiger partial charge in [0.1, 0.15) is 0 Å². The Balaban J connectivity index is 0.000000156. The highest BCUT2D eigenvalue weighted by molar-refractivity contribution is 5.83. The van der Waals surface area contributed by atoms with Crippen molar-refractivity contribution in [3.63, 3.8) is 0 Å². The predicted molar refractivity (Wildman–Crippen MR) is 331 cm³/mol. The van der Waals surface area contributed by atoms with E-state index in [-0.39, 0.29) is 34.0 Å². The van der Waals surface area contributed by atoms with Gasteiger partial charge in [-0.15, -0.1) is 0 Å². The van der Waals surface area contributed by atoms with Gasteiger partial charge in [0.05, 0.1) is 54.3 Å². The number of carbonyl (C=O) groups is 3. The molecule has 13 nitrogen and oxygen atoms in total. The van der Waals surface area contributed by atoms with Gasteiger partial charge in [-0.1, -0.05) is 39.3 Å². The molecule has 1 spiro atoms. The third-order valence-electron chi connectivity index (χ3n) is 21.1. The number of hydrogen-bond donors (Lipinski definition) is 0. The average molecular weight is 1100 g/mol. The molecule has 452 valence electrons. The van der Waals surface area contributed by atoms with Crippen molar-refractivity contribution in [3.8, 4) is 0 Å². The molecule has 5 saturated carbocycles. The molecule has 11 aliphatic rings. The van der Waals surface area contributed by atoms with Crippen molar-refractivity contribution in [2.75, 3.05) is 140 Å². The van der Waals surface area contributed by atoms with Crippen LogP contribution in [0.2, 0.25) is 0 Å². The molecule has 6 aliphatic heterocycles. The first-order chi connectivity index (χ1) is 36.4. The fraction of sp³-hybridized carbons (Fsp3) is 0.864. The van der Waals surface area contributed by atoms with Gasteiger partial charge >= 0.3 is 0 Å². The summed E-state index contributed by atoms with van der Waals surface area (Å²) < 4.78 is 0. The fourth-order valence-corrected chi connectivity index (χ4v) is 18.1. The maximum Gasteiger partial charge on any atom is 0.230 e. The highest BCUT2D eigenvalue weighted by atomic mass is 16.2. The van der Waals surface area contributed by atoms with E-state index >= 15 is 0 Å². The van der Waals surface area contributed by atoms with Crippen molar-refractivity contribution in [1.82, 2.24) is 39.2 Å². The molecule has 10 fully saturated rings. The van der Waals surface area contributed by atoms with Crippen LogP contribution in [-0.2, 0) is 14.4 Å². The van der Waals surface area contributed by atoms with Gasteiger partial charge in [-0.3, -0.25) is 29.1 Å². The number of hydrogen-bond acceptors (Lipinski definition) is 10. The Kier molecular flexibility index (Phi) is 20.7. The summed E-state index contributed by atoms with van der Waals surface area (Å²) >= 11 is 0. The van der Waals surface area contributed by atoms with Crippen molar-refractivity contribution in [2.45, 2.75) is 165 Å². The highest BCUT2D eigenvalue weighted by Crippen LogP contribution is 2.60. The molecule has 13 heteroatoms. The minimum atomic E-state index is -0.207. The van der Waals surface area contributed by atoms with Gasteiger partial charge < -0.3 is 34.3 Å². The van der Waals surface area contributed by atoms with Crippen LogP contribution in [0.15, 0.2) is 24.3 Å². The number of amides is 3. The van der Waals surface area contributed by atoms with E-state index < -0.39 is 0 Å². The third-order valence-corrected chi connectivity index (χ3v) is 21.1. The Morgan fingerprint density at radius 2 is 0.873 bits per heavy atom. The van der Waals surface area contributed by atoms with Crippen LogP contribution in [0.4, 0.5) is 11.4 Å². The standard InChI is InChI=1S/C17H29N.C16H31N.C9H12N2.3C8H16N2O/c1-17(2)9-15(10-18(17)3)16-13-5-11-4-12(7-13)8-14(16)6-11;1-12(2)14-8-7-13(3)9-16(14)10-15(4,5)17(6)11-16;1-10-7-11(2)9-6-4-3-5-8(9)10;3*1-8(2)5-9(3)6-10(4)7(8)11/h11-16H,4-10H2,1-3H3;12-14H,7-11H2,1-6H3;3-6H,7H2,1-2H3;3*5-6H2,1-4H3/t;13-,14+,16+;;;;/m.1..../s1. The van der Waals surface area contributed by atoms with Crippen LogP contribution < -0.4 is 9.80 Å². The molecule has 4 bridgehead atoms. The predicted octanol–water partition coefficient (Wildman–Crippen LogP) is 10.6. The molecule has 0 aromatic heterocycles. The van der Waals surface area contributed by atoms with E-state index in [0.29, 0.717) is 16.5 Å². The number of likely N-dealkylation sites (tertiary alicyclic amines) is 2. The lowest BCUT2D eigenvalue weighted by atomic mass is 9.49. The number of benzene rings is 1. The Bertz CT molecular complexity index is 2060. The molecule has 4 atom stereocenters. The summed E-state index contributed by atoms with van der Waals surface area (Å²) in [5.41, 5.74) is 3.52. The van der Waals surface area contributed by atoms with Gasteiger partial charge in [-0.25, -0.2) is 0 Å². The summed E-state index contributed by atoms with van der Waals surface area (Å²) in [5, 5.41) is 0. The van der Waals surface area contributed by atoms with Gasteiger partial charge in [-0.05, 0) is 233 Å². The summed E-state index contributed by atoms with van der Waals surface area (Å²) in [6.45, 7) is 37.5. The molecular formula is C66H120N10O3. The molecule has 1 aromatic rings. The highest BCUT2D eigenvalue weighted by Gasteiger charge is 2.55. The minimum absolute atomic E-state index is 0.207. The summed E-state index contributed by atoms with van der Waals surface area (Å²) in [6, 6.07) is 8.46. The van der Waals surface area contributed by atoms with Crippen molar-refractivity contribution in [1.29, 1.82) is 0 Å². The van der Waals surface area contributed by atoms with Crippen molar-refractivity contribution >= 4 is 29.1 Å². The van der Waals surface area contributed by atoms with Gasteiger partial charge in [-0.2, -0.15) is 0 Å². The zero-order chi connectivity index (χ0) is 59.1. The first-order valence-electron chi connectivity index (χ1n) is 31.1. The van der Waals surface area contributed by atoms with Crippen molar-refractivity contribution in [3.05, 3.63) is 24.3 Å². The summed E-state index contributed by atoms with van der Waals surface area (Å²) in [4.78, 5) is 56.0. The molecule has 0 radical (unpaired) electrons. The molecule has 12 rings (SSSR count). The Morgan fingerprint density at radius 1 is 0.468 bits per heavy atom. The maximum atomic E-state index is 11.5. The van der Waals surface area contributed by atoms with E-state index in [1.807, 2.05) is 83.8 Å². The van der Waals surface area contributed by atoms with Crippen LogP contribution in [0.25, 0.3) is 0 Å². The number of rotatable bonds is 2. The van der Waals surface area contributed by atoms with E-state index in [0.717, 1.165) is 99.6 Å². The zero-order valence-corrected chi connectivity index (χ0v) is 55.1. The Morgan fingerprint density at radius 3 is 1.20 bits per heavy atom. The fourth-order valence-electron chi connectivity index (χ4n) is 18.1. The van der Waals surface area contributed by atoms with Gasteiger partial charge in [0, 0.05) is 79.0 Å². The molecule has 1 unspecified atom stereocenters. The van der Waals surface area contributed by atoms with Crippen LogP contribution in [0.1, 0.15) is 154 Å². The van der Waals surface area contributed by atoms with Crippen LogP contribution in [0.3, 0.4) is 0 Å². The van der Waals surface area contributed by atoms with Crippen molar-refractivity contribution < 1.29 is 14.4 Å². The molecule has 79 heavy (non-hydrogen) atoms. The van der Waals surface area contributed by atoms with E-state index in [9.17, 15) is 14.4 Å². The lowest BCUT2D eigenvalue weighted by Crippen LogP contribution is -2.54. The quantitative estimate of drug-likeness (QED) is 0.286. The topological polar surface area (TPSA) is 83.6 Å². The van der Waals surface area contributed by atoms with Gasteiger partial charge in [0.15, 0.2) is 0 Å². The lowest BCUT2D eigenvalue weighted by Gasteiger charge is -2.56. The average Bonchev–Trinajstić information content (AvgIpc) is 3.91. The van der Waals surface area contributed by atoms with Gasteiger partial charge in [0.2, 0.25) is 17.7 Å². The van der Waals surface area contributed by atoms with E-state index in [2.05, 4.69) is 135 Å². The maximum absolute atomic E-state index is 11.5. The normalized spacial score (nSPS) is 34.4. The SMILES string of the molecule is CC(C)[C@@H]1CC[C@@H](C)C[C@]12CN(C)C(C)(C)C2.CN1CC(C2C3CC4CC(C3)CC2C4)CC1(C)C.CN1CN(C)C(=O)C(C)(C)C1.CN1CN(C)C(=O)C(C)(C)C1.CN1CN(C)C(=O)C(C)(C)C1.CN1CN(C)c2ccccc21. The number of nitrogens with zero attached hydrogens (tertiary/aromatic N) is 10. The van der Waals surface area contributed by atoms with Crippen LogP contribution in [0, 0.1) is 74.9 Å². The monoisotopic (exact) mass is 1100 g/mol. The number of anilines is 2. The minimum Gasteiger partial charge on any atom is -0.355 e. The summed E-state index contributed by atoms with van der Waals surface area (Å²) in [5.74, 6) is 10.1. The molecular weight excluding hydrogens is 981 g/mol. The van der Waals surface area contributed by atoms with Crippen molar-refractivity contribution in [2.24, 2.45) is 74.9 Å². The zero-order valence-electron chi connectivity index (χ0n) is 55.1. The Labute approximate surface area is 484 Å². The first-order valence-corrected chi connectivity index (χ1v) is 31.1. The molecule has 5 aliphatic carbocycles. The largest absolute Gasteiger partial charge is 0.355 e. The van der Waals surface area contributed by atoms with Crippen LogP contribution in [0.5, 0.6) is 0 Å². The van der Waals surface area contributed by atoms with Gasteiger partial charge in [0.25, 0.3) is 0 Å². The summed E-state index contributed by atoms with van der Waals surface area (Å²) in [7, 11) is 20.5. The van der Waals surface area contributed by atoms with E-state index in [4.69, 9.17) is 0 Å². The Hall–Kier alpha value is -2.97. The lowest BCUT2D eigenvalue weighted by molar-refractivity contribution is -0.148. The van der Waals surface area contributed by atoms with E-state index in [1.54, 1.807) is 46.8 Å². The molecule has 0 N–H and O–H groups in total. The number of carbonyl (C=O) groups excluding carboxylic acids is 3. The molecule has 6 heterocycles. The van der Waals surface area contributed by atoms with Crippen LogP contribution in [-0.4, -0.2) is 198 Å². The molecule has 5 saturated heterocycles. The number of fused-ring (bicyclic) bond motifs is 1. The number of para-hydroxylation sites is 2. The van der Waals surface area contributed by atoms with E-state index in [1.165, 1.54) is 56.6 Å². The second kappa shape index (κ2) is 25.1. The first kappa shape index (κ1) is 65.2. The van der Waals surface area contributed by atoms with Crippen LogP contribution >= 0.6 is 0 Å². The molecule has 1 aromatic carbocycles. The second-order valence-electron chi connectivity index (χ2n) is 31.8. The second-order valence-corrected chi connectivity index (χ2v) is 31.8. The smallest absolute Gasteiger partial charge is 0.230 e. The third kappa shape index (κ3) is 15.4. The summed E-state index contributed by atoms with van der Waals surface area (Å²) in [6.07, 6.45) is 15.2. The molecule has 3 amide bonds.